The van der Waals surface area contributed by atoms with Gasteiger partial charge in [-0.1, -0.05) is 18.2 Å². The molecular weight excluding hydrogens is 234 g/mol. The number of hydrogen-bond acceptors (Lipinski definition) is 4. The van der Waals surface area contributed by atoms with Crippen molar-refractivity contribution in [2.45, 2.75) is 25.0 Å². The quantitative estimate of drug-likeness (QED) is 0.595. The molecule has 2 aliphatic rings. The Bertz CT molecular complexity index is 462. The minimum atomic E-state index is -0.321. The van der Waals surface area contributed by atoms with Gasteiger partial charge in [-0.15, -0.1) is 0 Å². The fourth-order valence-corrected chi connectivity index (χ4v) is 2.93. The average molecular weight is 249 g/mol. The zero-order chi connectivity index (χ0) is 12.5. The van der Waals surface area contributed by atoms with Crippen LogP contribution in [0.15, 0.2) is 24.3 Å². The molecule has 5 nitrogen and oxygen atoms in total. The lowest BCUT2D eigenvalue weighted by Gasteiger charge is -2.40. The highest BCUT2D eigenvalue weighted by Crippen LogP contribution is 2.43. The maximum Gasteiger partial charge on any atom is 0.211 e. The molecule has 0 radical (unpaired) electrons. The van der Waals surface area contributed by atoms with E-state index in [1.165, 1.54) is 0 Å². The lowest BCUT2D eigenvalue weighted by Crippen LogP contribution is -2.43. The molecule has 18 heavy (non-hydrogen) atoms. The van der Waals surface area contributed by atoms with Crippen LogP contribution in [-0.2, 0) is 4.74 Å². The van der Waals surface area contributed by atoms with Crippen LogP contribution < -0.4 is 4.74 Å². The van der Waals surface area contributed by atoms with Crippen LogP contribution in [0.25, 0.3) is 0 Å². The van der Waals surface area contributed by atoms with Crippen molar-refractivity contribution in [2.24, 2.45) is 5.92 Å². The maximum absolute atomic E-state index is 10.9. The smallest absolute Gasteiger partial charge is 0.211 e. The first kappa shape index (κ1) is 11.5. The highest BCUT2D eigenvalue weighted by molar-refractivity contribution is 5.39. The third kappa shape index (κ3) is 1.95. The second-order valence-electron chi connectivity index (χ2n) is 4.82. The van der Waals surface area contributed by atoms with Crippen LogP contribution in [0.2, 0.25) is 0 Å². The summed E-state index contributed by atoms with van der Waals surface area (Å²) in [6.45, 7) is 0.624. The monoisotopic (exact) mass is 249 g/mol. The molecule has 2 heterocycles. The summed E-state index contributed by atoms with van der Waals surface area (Å²) in [5.41, 5.74) is 0.945. The molecule has 0 amide bonds. The third-order valence-corrected chi connectivity index (χ3v) is 3.74. The molecule has 3 rings (SSSR count). The van der Waals surface area contributed by atoms with Crippen molar-refractivity contribution in [1.29, 1.82) is 0 Å². The molecule has 1 saturated heterocycles. The summed E-state index contributed by atoms with van der Waals surface area (Å²) in [7, 11) is 0. The second kappa shape index (κ2) is 4.57. The van der Waals surface area contributed by atoms with E-state index in [0.717, 1.165) is 24.2 Å². The van der Waals surface area contributed by atoms with Gasteiger partial charge < -0.3 is 9.47 Å². The summed E-state index contributed by atoms with van der Waals surface area (Å²) in [6.07, 6.45) is 1.55. The molecule has 0 aromatic heterocycles. The average Bonchev–Trinajstić information content (AvgIpc) is 2.38. The van der Waals surface area contributed by atoms with Crippen molar-refractivity contribution >= 4 is 0 Å². The number of benzene rings is 1. The van der Waals surface area contributed by atoms with Crippen molar-refractivity contribution < 1.29 is 14.4 Å². The van der Waals surface area contributed by atoms with Gasteiger partial charge in [0.2, 0.25) is 12.8 Å². The van der Waals surface area contributed by atoms with Gasteiger partial charge in [0.1, 0.15) is 5.75 Å². The lowest BCUT2D eigenvalue weighted by atomic mass is 9.79. The van der Waals surface area contributed by atoms with E-state index >= 15 is 0 Å². The molecule has 2 aliphatic heterocycles. The second-order valence-corrected chi connectivity index (χ2v) is 4.82. The predicted molar refractivity (Wildman–Crippen MR) is 64.1 cm³/mol. The van der Waals surface area contributed by atoms with Gasteiger partial charge in [-0.05, 0) is 18.9 Å². The van der Waals surface area contributed by atoms with Gasteiger partial charge in [0.15, 0.2) is 0 Å². The molecular formula is C13H15NO4. The minimum absolute atomic E-state index is 0.0507. The standard InChI is InChI=1S/C13H15NO4/c15-14(16)8-11-9-4-1-2-6-12(9)18-13-10(11)5-3-7-17-13/h1-2,4,6,10-11,13H,3,5,7-8H2/t10-,11-,13+/m0/s1. The first-order valence-corrected chi connectivity index (χ1v) is 6.24. The number of nitro groups is 1. The molecule has 0 N–H and O–H groups in total. The fourth-order valence-electron chi connectivity index (χ4n) is 2.93. The predicted octanol–water partition coefficient (Wildman–Crippen LogP) is 2.19. The van der Waals surface area contributed by atoms with Gasteiger partial charge in [0.25, 0.3) is 0 Å². The number of hydrogen-bond donors (Lipinski definition) is 0. The van der Waals surface area contributed by atoms with Crippen LogP contribution in [0, 0.1) is 16.0 Å². The first-order chi connectivity index (χ1) is 8.75. The summed E-state index contributed by atoms with van der Waals surface area (Å²) < 4.78 is 11.4. The molecule has 0 spiro atoms. The zero-order valence-electron chi connectivity index (χ0n) is 9.95. The number of nitrogens with zero attached hydrogens (tertiary/aromatic N) is 1. The van der Waals surface area contributed by atoms with Crippen molar-refractivity contribution in [2.75, 3.05) is 13.2 Å². The van der Waals surface area contributed by atoms with Crippen LogP contribution in [0.1, 0.15) is 24.3 Å². The van der Waals surface area contributed by atoms with Gasteiger partial charge in [0.05, 0.1) is 12.5 Å². The molecule has 0 saturated carbocycles. The largest absolute Gasteiger partial charge is 0.464 e. The van der Waals surface area contributed by atoms with Gasteiger partial charge in [-0.3, -0.25) is 10.1 Å². The first-order valence-electron chi connectivity index (χ1n) is 6.24. The Hall–Kier alpha value is -1.62. The third-order valence-electron chi connectivity index (χ3n) is 3.74. The molecule has 1 aromatic rings. The Balaban J connectivity index is 1.97. The normalized spacial score (nSPS) is 29.9. The van der Waals surface area contributed by atoms with Crippen molar-refractivity contribution in [1.82, 2.24) is 0 Å². The number of fused-ring (bicyclic) bond motifs is 2. The Morgan fingerprint density at radius 1 is 1.39 bits per heavy atom. The Labute approximate surface area is 105 Å². The van der Waals surface area contributed by atoms with Crippen LogP contribution in [-0.4, -0.2) is 24.4 Å². The number of rotatable bonds is 2. The Morgan fingerprint density at radius 3 is 3.06 bits per heavy atom. The van der Waals surface area contributed by atoms with Crippen molar-refractivity contribution in [3.63, 3.8) is 0 Å². The van der Waals surface area contributed by atoms with E-state index in [1.54, 1.807) is 0 Å². The van der Waals surface area contributed by atoms with Crippen LogP contribution in [0.5, 0.6) is 5.75 Å². The highest BCUT2D eigenvalue weighted by atomic mass is 16.7. The fraction of sp³-hybridized carbons (Fsp3) is 0.538. The van der Waals surface area contributed by atoms with E-state index in [1.807, 2.05) is 24.3 Å². The summed E-state index contributed by atoms with van der Waals surface area (Å²) >= 11 is 0. The number of para-hydroxylation sites is 1. The molecule has 0 bridgehead atoms. The molecule has 96 valence electrons. The van der Waals surface area contributed by atoms with Gasteiger partial charge >= 0.3 is 0 Å². The molecule has 5 heteroatoms. The maximum atomic E-state index is 10.9. The van der Waals surface area contributed by atoms with Gasteiger partial charge in [-0.25, -0.2) is 0 Å². The molecule has 0 aliphatic carbocycles. The Kier molecular flexibility index (Phi) is 2.91. The molecule has 1 fully saturated rings. The summed E-state index contributed by atoms with van der Waals surface area (Å²) in [6, 6.07) is 7.56. The van der Waals surface area contributed by atoms with E-state index in [9.17, 15) is 10.1 Å². The van der Waals surface area contributed by atoms with Crippen molar-refractivity contribution in [3.05, 3.63) is 39.9 Å². The van der Waals surface area contributed by atoms with Crippen molar-refractivity contribution in [3.8, 4) is 5.75 Å². The van der Waals surface area contributed by atoms with Crippen LogP contribution in [0.4, 0.5) is 0 Å². The minimum Gasteiger partial charge on any atom is -0.464 e. The van der Waals surface area contributed by atoms with E-state index < -0.39 is 0 Å². The SMILES string of the molecule is O=[N+]([O-])C[C@H]1c2ccccc2O[C@H]2OCCC[C@H]21. The molecule has 0 unspecified atom stereocenters. The lowest BCUT2D eigenvalue weighted by molar-refractivity contribution is -0.486. The highest BCUT2D eigenvalue weighted by Gasteiger charge is 2.42. The van der Waals surface area contributed by atoms with Crippen LogP contribution >= 0.6 is 0 Å². The van der Waals surface area contributed by atoms with E-state index in [0.29, 0.717) is 6.61 Å². The topological polar surface area (TPSA) is 61.6 Å². The zero-order valence-corrected chi connectivity index (χ0v) is 9.95. The Morgan fingerprint density at radius 2 is 2.22 bits per heavy atom. The van der Waals surface area contributed by atoms with Gasteiger partial charge in [0, 0.05) is 16.4 Å². The van der Waals surface area contributed by atoms with Gasteiger partial charge in [-0.2, -0.15) is 0 Å². The van der Waals surface area contributed by atoms with Crippen LogP contribution in [0.3, 0.4) is 0 Å². The summed E-state index contributed by atoms with van der Waals surface area (Å²) in [5.74, 6) is 0.724. The van der Waals surface area contributed by atoms with E-state index in [2.05, 4.69) is 0 Å². The summed E-state index contributed by atoms with van der Waals surface area (Å²) in [5, 5.41) is 10.9. The summed E-state index contributed by atoms with van der Waals surface area (Å²) in [4.78, 5) is 10.6. The van der Waals surface area contributed by atoms with E-state index in [-0.39, 0.29) is 29.6 Å². The van der Waals surface area contributed by atoms with E-state index in [4.69, 9.17) is 9.47 Å². The molecule has 3 atom stereocenters. The molecule has 1 aromatic carbocycles. The number of ether oxygens (including phenoxy) is 2.